The first-order chi connectivity index (χ1) is 8.28. The highest BCUT2D eigenvalue weighted by Crippen LogP contribution is 2.42. The normalized spacial score (nSPS) is 17.3. The van der Waals surface area contributed by atoms with Crippen molar-refractivity contribution in [2.45, 2.75) is 25.9 Å². The summed E-state index contributed by atoms with van der Waals surface area (Å²) in [5.74, 6) is 1.91. The molecule has 1 fully saturated rings. The molecular formula is C14H16O3. The van der Waals surface area contributed by atoms with Crippen LogP contribution in [0.25, 0.3) is 11.0 Å². The molecule has 1 aliphatic carbocycles. The quantitative estimate of drug-likeness (QED) is 0.879. The van der Waals surface area contributed by atoms with Crippen LogP contribution in [0.5, 0.6) is 5.75 Å². The van der Waals surface area contributed by atoms with Crippen molar-refractivity contribution in [3.05, 3.63) is 30.0 Å². The summed E-state index contributed by atoms with van der Waals surface area (Å²) in [6.45, 7) is 2.61. The molecule has 0 radical (unpaired) electrons. The molecule has 1 atom stereocenters. The van der Waals surface area contributed by atoms with Gasteiger partial charge < -0.3 is 14.3 Å². The number of hydrogen-bond donors (Lipinski definition) is 1. The van der Waals surface area contributed by atoms with E-state index in [1.807, 2.05) is 31.2 Å². The van der Waals surface area contributed by atoms with Gasteiger partial charge in [-0.25, -0.2) is 0 Å². The van der Waals surface area contributed by atoms with Crippen molar-refractivity contribution >= 4 is 11.0 Å². The third-order valence-corrected chi connectivity index (χ3v) is 3.18. The maximum absolute atomic E-state index is 10.0. The van der Waals surface area contributed by atoms with E-state index in [1.165, 1.54) is 0 Å². The molecule has 3 heteroatoms. The molecule has 1 aromatic heterocycles. The van der Waals surface area contributed by atoms with E-state index in [9.17, 15) is 5.11 Å². The van der Waals surface area contributed by atoms with Crippen molar-refractivity contribution in [1.29, 1.82) is 0 Å². The zero-order valence-electron chi connectivity index (χ0n) is 9.85. The minimum atomic E-state index is -0.446. The smallest absolute Gasteiger partial charge is 0.134 e. The van der Waals surface area contributed by atoms with Gasteiger partial charge >= 0.3 is 0 Å². The summed E-state index contributed by atoms with van der Waals surface area (Å²) in [7, 11) is 0. The Morgan fingerprint density at radius 2 is 2.24 bits per heavy atom. The van der Waals surface area contributed by atoms with Crippen molar-refractivity contribution in [3.8, 4) is 5.75 Å². The molecule has 3 rings (SSSR count). The van der Waals surface area contributed by atoms with Crippen molar-refractivity contribution < 1.29 is 14.3 Å². The SMILES string of the molecule is CCOc1ccc2oc(C(O)C3CC3)cc2c1. The Morgan fingerprint density at radius 1 is 1.41 bits per heavy atom. The number of hydrogen-bond acceptors (Lipinski definition) is 3. The topological polar surface area (TPSA) is 42.6 Å². The molecule has 0 amide bonds. The number of aliphatic hydroxyl groups excluding tert-OH is 1. The third kappa shape index (κ3) is 2.03. The highest BCUT2D eigenvalue weighted by Gasteiger charge is 2.32. The lowest BCUT2D eigenvalue weighted by Crippen LogP contribution is -1.96. The highest BCUT2D eigenvalue weighted by molar-refractivity contribution is 5.79. The lowest BCUT2D eigenvalue weighted by Gasteiger charge is -2.03. The van der Waals surface area contributed by atoms with Gasteiger partial charge in [0.05, 0.1) is 6.61 Å². The molecule has 0 aliphatic heterocycles. The van der Waals surface area contributed by atoms with E-state index in [-0.39, 0.29) is 0 Å². The van der Waals surface area contributed by atoms with Gasteiger partial charge in [-0.1, -0.05) is 0 Å². The van der Waals surface area contributed by atoms with Gasteiger partial charge in [-0.15, -0.1) is 0 Å². The molecule has 90 valence electrons. The molecule has 1 unspecified atom stereocenters. The maximum atomic E-state index is 10.0. The van der Waals surface area contributed by atoms with Crippen LogP contribution in [-0.2, 0) is 0 Å². The molecule has 1 aliphatic rings. The summed E-state index contributed by atoms with van der Waals surface area (Å²) in [5, 5.41) is 11.0. The summed E-state index contributed by atoms with van der Waals surface area (Å²) in [6, 6.07) is 7.65. The molecule has 1 aromatic carbocycles. The Morgan fingerprint density at radius 3 is 2.94 bits per heavy atom. The van der Waals surface area contributed by atoms with E-state index in [0.29, 0.717) is 18.3 Å². The molecule has 0 bridgehead atoms. The van der Waals surface area contributed by atoms with E-state index in [0.717, 1.165) is 29.6 Å². The lowest BCUT2D eigenvalue weighted by atomic mass is 10.1. The second kappa shape index (κ2) is 4.08. The van der Waals surface area contributed by atoms with Gasteiger partial charge in [-0.3, -0.25) is 0 Å². The van der Waals surface area contributed by atoms with Crippen LogP contribution in [0.4, 0.5) is 0 Å². The number of furan rings is 1. The minimum absolute atomic E-state index is 0.391. The van der Waals surface area contributed by atoms with Crippen LogP contribution in [0.2, 0.25) is 0 Å². The first kappa shape index (κ1) is 10.7. The second-order valence-electron chi connectivity index (χ2n) is 4.56. The fourth-order valence-electron chi connectivity index (χ4n) is 2.09. The third-order valence-electron chi connectivity index (χ3n) is 3.18. The van der Waals surface area contributed by atoms with Crippen molar-refractivity contribution in [2.24, 2.45) is 5.92 Å². The van der Waals surface area contributed by atoms with Crippen molar-refractivity contribution in [1.82, 2.24) is 0 Å². The van der Waals surface area contributed by atoms with Crippen LogP contribution in [0.1, 0.15) is 31.6 Å². The number of aliphatic hydroxyl groups is 1. The second-order valence-corrected chi connectivity index (χ2v) is 4.56. The van der Waals surface area contributed by atoms with E-state index in [1.54, 1.807) is 0 Å². The summed E-state index contributed by atoms with van der Waals surface area (Å²) < 4.78 is 11.1. The monoisotopic (exact) mass is 232 g/mol. The molecule has 1 heterocycles. The van der Waals surface area contributed by atoms with Gasteiger partial charge in [0.25, 0.3) is 0 Å². The first-order valence-corrected chi connectivity index (χ1v) is 6.12. The Labute approximate surface area is 100.0 Å². The maximum Gasteiger partial charge on any atom is 0.134 e. The summed E-state index contributed by atoms with van der Waals surface area (Å²) in [5.41, 5.74) is 0.808. The van der Waals surface area contributed by atoms with Crippen LogP contribution in [0, 0.1) is 5.92 Å². The van der Waals surface area contributed by atoms with Crippen LogP contribution in [-0.4, -0.2) is 11.7 Å². The lowest BCUT2D eigenvalue weighted by molar-refractivity contribution is 0.129. The van der Waals surface area contributed by atoms with E-state index < -0.39 is 6.10 Å². The fourth-order valence-corrected chi connectivity index (χ4v) is 2.09. The number of fused-ring (bicyclic) bond motifs is 1. The average molecular weight is 232 g/mol. The number of ether oxygens (including phenoxy) is 1. The molecule has 2 aromatic rings. The molecular weight excluding hydrogens is 216 g/mol. The van der Waals surface area contributed by atoms with E-state index >= 15 is 0 Å². The van der Waals surface area contributed by atoms with Crippen LogP contribution in [0.3, 0.4) is 0 Å². The standard InChI is InChI=1S/C14H16O3/c1-2-16-11-5-6-12-10(7-11)8-13(17-12)14(15)9-3-4-9/h5-9,14-15H,2-4H2,1H3. The first-order valence-electron chi connectivity index (χ1n) is 6.12. The fraction of sp³-hybridized carbons (Fsp3) is 0.429. The van der Waals surface area contributed by atoms with E-state index in [2.05, 4.69) is 0 Å². The summed E-state index contributed by atoms with van der Waals surface area (Å²) >= 11 is 0. The van der Waals surface area contributed by atoms with Gasteiger partial charge in [0.1, 0.15) is 23.2 Å². The van der Waals surface area contributed by atoms with Crippen LogP contribution >= 0.6 is 0 Å². The zero-order chi connectivity index (χ0) is 11.8. The average Bonchev–Trinajstić information content (AvgIpc) is 3.08. The van der Waals surface area contributed by atoms with Crippen molar-refractivity contribution in [3.63, 3.8) is 0 Å². The van der Waals surface area contributed by atoms with Crippen molar-refractivity contribution in [2.75, 3.05) is 6.61 Å². The Kier molecular flexibility index (Phi) is 2.56. The predicted octanol–water partition coefficient (Wildman–Crippen LogP) is 3.27. The van der Waals surface area contributed by atoms with Gasteiger partial charge in [-0.05, 0) is 49.9 Å². The van der Waals surface area contributed by atoms with Gasteiger partial charge in [-0.2, -0.15) is 0 Å². The molecule has 0 spiro atoms. The zero-order valence-corrected chi connectivity index (χ0v) is 9.85. The van der Waals surface area contributed by atoms with Gasteiger partial charge in [0.15, 0.2) is 0 Å². The number of benzene rings is 1. The highest BCUT2D eigenvalue weighted by atomic mass is 16.5. The predicted molar refractivity (Wildman–Crippen MR) is 65.1 cm³/mol. The minimum Gasteiger partial charge on any atom is -0.494 e. The Bertz CT molecular complexity index is 525. The van der Waals surface area contributed by atoms with Gasteiger partial charge in [0, 0.05) is 5.39 Å². The van der Waals surface area contributed by atoms with Crippen LogP contribution < -0.4 is 4.74 Å². The number of rotatable bonds is 4. The Hall–Kier alpha value is -1.48. The Balaban J connectivity index is 1.94. The largest absolute Gasteiger partial charge is 0.494 e. The van der Waals surface area contributed by atoms with Gasteiger partial charge in [0.2, 0.25) is 0 Å². The summed E-state index contributed by atoms with van der Waals surface area (Å²) in [6.07, 6.45) is 1.75. The molecule has 1 saturated carbocycles. The molecule has 3 nitrogen and oxygen atoms in total. The van der Waals surface area contributed by atoms with Crippen LogP contribution in [0.15, 0.2) is 28.7 Å². The molecule has 1 N–H and O–H groups in total. The van der Waals surface area contributed by atoms with E-state index in [4.69, 9.17) is 9.15 Å². The molecule has 17 heavy (non-hydrogen) atoms. The summed E-state index contributed by atoms with van der Waals surface area (Å²) in [4.78, 5) is 0. The molecule has 0 saturated heterocycles.